The topological polar surface area (TPSA) is 75.3 Å². The number of amides is 2. The molecular formula is C13H14N2O3S. The summed E-state index contributed by atoms with van der Waals surface area (Å²) in [5.41, 5.74) is 1.25. The van der Waals surface area contributed by atoms with Gasteiger partial charge in [-0.25, -0.2) is 13.2 Å². The number of hydrogen-bond donors (Lipinski definition) is 2. The summed E-state index contributed by atoms with van der Waals surface area (Å²) in [6.07, 6.45) is 5.72. The number of anilines is 1. The molecular weight excluding hydrogens is 264 g/mol. The van der Waals surface area contributed by atoms with Crippen molar-refractivity contribution in [2.24, 2.45) is 0 Å². The van der Waals surface area contributed by atoms with Gasteiger partial charge in [0.2, 0.25) is 0 Å². The fourth-order valence-corrected chi connectivity index (χ4v) is 3.62. The molecule has 1 atom stereocenters. The number of carbonyl (C=O) groups excluding carboxylic acids is 1. The number of sulfone groups is 1. The van der Waals surface area contributed by atoms with Crippen LogP contribution >= 0.6 is 0 Å². The lowest BCUT2D eigenvalue weighted by Gasteiger charge is -2.12. The van der Waals surface area contributed by atoms with Crippen LogP contribution < -0.4 is 10.6 Å². The smallest absolute Gasteiger partial charge is 0.319 e. The van der Waals surface area contributed by atoms with Crippen LogP contribution in [0.5, 0.6) is 0 Å². The SMILES string of the molecule is C#Cc1cccc(NC(=O)N[C@H]2CCS(=O)(=O)C2)c1. The van der Waals surface area contributed by atoms with E-state index in [2.05, 4.69) is 16.6 Å². The molecule has 1 fully saturated rings. The fraction of sp³-hybridized carbons (Fsp3) is 0.308. The molecule has 19 heavy (non-hydrogen) atoms. The predicted octanol–water partition coefficient (Wildman–Crippen LogP) is 0.977. The minimum atomic E-state index is -2.99. The van der Waals surface area contributed by atoms with Crippen LogP contribution in [0.25, 0.3) is 0 Å². The summed E-state index contributed by atoms with van der Waals surface area (Å²) in [6, 6.07) is 6.14. The van der Waals surface area contributed by atoms with Crippen molar-refractivity contribution < 1.29 is 13.2 Å². The Kier molecular flexibility index (Phi) is 3.76. The van der Waals surface area contributed by atoms with E-state index < -0.39 is 15.9 Å². The molecule has 2 amide bonds. The molecule has 0 unspecified atom stereocenters. The van der Waals surface area contributed by atoms with E-state index in [0.717, 1.165) is 0 Å². The number of carbonyl (C=O) groups is 1. The molecule has 0 aromatic heterocycles. The van der Waals surface area contributed by atoms with Crippen molar-refractivity contribution in [1.82, 2.24) is 5.32 Å². The van der Waals surface area contributed by atoms with Gasteiger partial charge in [-0.2, -0.15) is 0 Å². The van der Waals surface area contributed by atoms with E-state index in [4.69, 9.17) is 6.42 Å². The summed E-state index contributed by atoms with van der Waals surface area (Å²) >= 11 is 0. The van der Waals surface area contributed by atoms with Gasteiger partial charge in [-0.1, -0.05) is 12.0 Å². The third kappa shape index (κ3) is 3.73. The van der Waals surface area contributed by atoms with Crippen LogP contribution in [0.4, 0.5) is 10.5 Å². The van der Waals surface area contributed by atoms with Crippen LogP contribution in [0.1, 0.15) is 12.0 Å². The standard InChI is InChI=1S/C13H14N2O3S/c1-2-10-4-3-5-11(8-10)14-13(16)15-12-6-7-19(17,18)9-12/h1,3-5,8,12H,6-7,9H2,(H2,14,15,16)/t12-/m0/s1. The summed E-state index contributed by atoms with van der Waals surface area (Å²) in [7, 11) is -2.99. The maximum Gasteiger partial charge on any atom is 0.319 e. The molecule has 1 aliphatic heterocycles. The average Bonchev–Trinajstić information content (AvgIpc) is 2.68. The maximum absolute atomic E-state index is 11.7. The Morgan fingerprint density at radius 2 is 2.21 bits per heavy atom. The Labute approximate surface area is 112 Å². The molecule has 6 heteroatoms. The molecule has 1 aromatic carbocycles. The summed E-state index contributed by atoms with van der Waals surface area (Å²) < 4.78 is 22.5. The van der Waals surface area contributed by atoms with Crippen molar-refractivity contribution in [3.8, 4) is 12.3 Å². The first kappa shape index (κ1) is 13.4. The molecule has 1 heterocycles. The van der Waals surface area contributed by atoms with Crippen molar-refractivity contribution >= 4 is 21.6 Å². The number of rotatable bonds is 2. The van der Waals surface area contributed by atoms with Crippen LogP contribution in [0.15, 0.2) is 24.3 Å². The second-order valence-electron chi connectivity index (χ2n) is 4.42. The predicted molar refractivity (Wildman–Crippen MR) is 73.6 cm³/mol. The van der Waals surface area contributed by atoms with Crippen molar-refractivity contribution in [1.29, 1.82) is 0 Å². The van der Waals surface area contributed by atoms with E-state index in [1.807, 2.05) is 0 Å². The molecule has 2 rings (SSSR count). The molecule has 0 bridgehead atoms. The number of terminal acetylenes is 1. The van der Waals surface area contributed by atoms with E-state index in [9.17, 15) is 13.2 Å². The van der Waals surface area contributed by atoms with Gasteiger partial charge in [0.15, 0.2) is 9.84 Å². The van der Waals surface area contributed by atoms with Crippen LogP contribution in [-0.4, -0.2) is 32.0 Å². The van der Waals surface area contributed by atoms with E-state index >= 15 is 0 Å². The second-order valence-corrected chi connectivity index (χ2v) is 6.65. The van der Waals surface area contributed by atoms with E-state index in [1.165, 1.54) is 0 Å². The lowest BCUT2D eigenvalue weighted by atomic mass is 10.2. The Bertz CT molecular complexity index is 632. The van der Waals surface area contributed by atoms with Crippen LogP contribution in [-0.2, 0) is 9.84 Å². The van der Waals surface area contributed by atoms with Gasteiger partial charge in [-0.05, 0) is 24.6 Å². The first-order valence-electron chi connectivity index (χ1n) is 5.83. The summed E-state index contributed by atoms with van der Waals surface area (Å²) in [5.74, 6) is 2.61. The highest BCUT2D eigenvalue weighted by atomic mass is 32.2. The maximum atomic E-state index is 11.7. The van der Waals surface area contributed by atoms with Crippen molar-refractivity contribution in [2.45, 2.75) is 12.5 Å². The molecule has 0 radical (unpaired) electrons. The molecule has 5 nitrogen and oxygen atoms in total. The lowest BCUT2D eigenvalue weighted by Crippen LogP contribution is -2.38. The summed E-state index contributed by atoms with van der Waals surface area (Å²) in [4.78, 5) is 11.7. The molecule has 1 aromatic rings. The van der Waals surface area contributed by atoms with Gasteiger partial charge in [0.25, 0.3) is 0 Å². The average molecular weight is 278 g/mol. The van der Waals surface area contributed by atoms with Gasteiger partial charge in [0.05, 0.1) is 11.5 Å². The van der Waals surface area contributed by atoms with Crippen LogP contribution in [0.3, 0.4) is 0 Å². The minimum Gasteiger partial charge on any atom is -0.334 e. The van der Waals surface area contributed by atoms with E-state index in [-0.39, 0.29) is 17.5 Å². The zero-order valence-corrected chi connectivity index (χ0v) is 11.0. The monoisotopic (exact) mass is 278 g/mol. The van der Waals surface area contributed by atoms with E-state index in [1.54, 1.807) is 24.3 Å². The van der Waals surface area contributed by atoms with Gasteiger partial charge in [-0.15, -0.1) is 6.42 Å². The number of benzene rings is 1. The third-order valence-corrected chi connectivity index (χ3v) is 4.62. The Hall–Kier alpha value is -2.00. The zero-order chi connectivity index (χ0) is 13.9. The second kappa shape index (κ2) is 5.33. The number of urea groups is 1. The first-order chi connectivity index (χ1) is 8.98. The molecule has 100 valence electrons. The number of nitrogens with one attached hydrogen (secondary N) is 2. The highest BCUT2D eigenvalue weighted by Crippen LogP contribution is 2.12. The van der Waals surface area contributed by atoms with Crippen molar-refractivity contribution in [2.75, 3.05) is 16.8 Å². The van der Waals surface area contributed by atoms with Crippen molar-refractivity contribution in [3.63, 3.8) is 0 Å². The third-order valence-electron chi connectivity index (χ3n) is 2.85. The molecule has 0 spiro atoms. The minimum absolute atomic E-state index is 0.00478. The normalized spacial score (nSPS) is 20.5. The summed E-state index contributed by atoms with van der Waals surface area (Å²) in [5, 5.41) is 5.27. The van der Waals surface area contributed by atoms with Crippen LogP contribution in [0, 0.1) is 12.3 Å². The van der Waals surface area contributed by atoms with Crippen LogP contribution in [0.2, 0.25) is 0 Å². The van der Waals surface area contributed by atoms with Gasteiger partial charge in [0, 0.05) is 17.3 Å². The van der Waals surface area contributed by atoms with Gasteiger partial charge in [-0.3, -0.25) is 0 Å². The first-order valence-corrected chi connectivity index (χ1v) is 7.65. The quantitative estimate of drug-likeness (QED) is 0.792. The number of hydrogen-bond acceptors (Lipinski definition) is 3. The van der Waals surface area contributed by atoms with Gasteiger partial charge < -0.3 is 10.6 Å². The van der Waals surface area contributed by atoms with E-state index in [0.29, 0.717) is 17.7 Å². The van der Waals surface area contributed by atoms with Gasteiger partial charge >= 0.3 is 6.03 Å². The largest absolute Gasteiger partial charge is 0.334 e. The molecule has 1 saturated heterocycles. The van der Waals surface area contributed by atoms with Gasteiger partial charge in [0.1, 0.15) is 0 Å². The molecule has 2 N–H and O–H groups in total. The molecule has 0 aliphatic carbocycles. The molecule has 0 saturated carbocycles. The Balaban J connectivity index is 1.93. The lowest BCUT2D eigenvalue weighted by molar-refractivity contribution is 0.249. The Morgan fingerprint density at radius 3 is 2.84 bits per heavy atom. The fourth-order valence-electron chi connectivity index (χ4n) is 1.95. The molecule has 1 aliphatic rings. The van der Waals surface area contributed by atoms with Crippen molar-refractivity contribution in [3.05, 3.63) is 29.8 Å². The highest BCUT2D eigenvalue weighted by molar-refractivity contribution is 7.91. The summed E-state index contributed by atoms with van der Waals surface area (Å²) in [6.45, 7) is 0. The highest BCUT2D eigenvalue weighted by Gasteiger charge is 2.28. The Morgan fingerprint density at radius 1 is 1.42 bits per heavy atom. The zero-order valence-electron chi connectivity index (χ0n) is 10.2.